The summed E-state index contributed by atoms with van der Waals surface area (Å²) in [5.74, 6) is 0. The number of hydrogen-bond acceptors (Lipinski definition) is 2. The van der Waals surface area contributed by atoms with Crippen molar-refractivity contribution in [1.29, 1.82) is 0 Å². The van der Waals surface area contributed by atoms with Crippen molar-refractivity contribution in [2.24, 2.45) is 0 Å². The molecule has 0 aliphatic heterocycles. The van der Waals surface area contributed by atoms with Crippen LogP contribution in [0.25, 0.3) is 0 Å². The molecule has 0 aliphatic carbocycles. The Morgan fingerprint density at radius 3 is 2.77 bits per heavy atom. The van der Waals surface area contributed by atoms with Gasteiger partial charge in [0.2, 0.25) is 0 Å². The van der Waals surface area contributed by atoms with Crippen LogP contribution in [0.4, 0.5) is 4.39 Å². The number of rotatable bonds is 5. The van der Waals surface area contributed by atoms with Gasteiger partial charge in [0.05, 0.1) is 6.61 Å². The Morgan fingerprint density at radius 2 is 2.08 bits per heavy atom. The van der Waals surface area contributed by atoms with Crippen LogP contribution >= 0.6 is 0 Å². The van der Waals surface area contributed by atoms with Crippen LogP contribution in [0.15, 0.2) is 24.3 Å². The van der Waals surface area contributed by atoms with E-state index in [1.165, 1.54) is 0 Å². The van der Waals surface area contributed by atoms with Crippen LogP contribution in [0.3, 0.4) is 0 Å². The second-order valence-electron chi connectivity index (χ2n) is 2.84. The smallest absolute Gasteiger partial charge is 0.102 e. The zero-order valence-corrected chi connectivity index (χ0v) is 7.46. The van der Waals surface area contributed by atoms with Crippen LogP contribution in [0, 0.1) is 0 Å². The third-order valence-corrected chi connectivity index (χ3v) is 1.77. The van der Waals surface area contributed by atoms with Crippen LogP contribution in [0.5, 0.6) is 0 Å². The van der Waals surface area contributed by atoms with Gasteiger partial charge < -0.3 is 10.4 Å². The first-order valence-electron chi connectivity index (χ1n) is 4.32. The lowest BCUT2D eigenvalue weighted by molar-refractivity contribution is 0.281. The quantitative estimate of drug-likeness (QED) is 0.673. The third-order valence-electron chi connectivity index (χ3n) is 1.77. The number of aliphatic hydroxyl groups is 1. The molecule has 0 saturated carbocycles. The molecule has 0 saturated heterocycles. The maximum absolute atomic E-state index is 11.7. The molecule has 0 radical (unpaired) electrons. The summed E-state index contributed by atoms with van der Waals surface area (Å²) < 4.78 is 11.7. The zero-order valence-electron chi connectivity index (χ0n) is 7.46. The second kappa shape index (κ2) is 5.67. The van der Waals surface area contributed by atoms with E-state index in [0.29, 0.717) is 13.1 Å². The van der Waals surface area contributed by atoms with Crippen molar-refractivity contribution in [1.82, 2.24) is 5.32 Å². The van der Waals surface area contributed by atoms with E-state index in [2.05, 4.69) is 5.32 Å². The summed E-state index contributed by atoms with van der Waals surface area (Å²) in [5.41, 5.74) is 1.96. The molecule has 1 aromatic rings. The fourth-order valence-electron chi connectivity index (χ4n) is 1.14. The minimum absolute atomic E-state index is 0.0525. The highest BCUT2D eigenvalue weighted by molar-refractivity contribution is 5.22. The Bertz CT molecular complexity index is 252. The Kier molecular flexibility index (Phi) is 4.43. The lowest BCUT2D eigenvalue weighted by Crippen LogP contribution is -2.15. The largest absolute Gasteiger partial charge is 0.392 e. The molecule has 2 N–H and O–H groups in total. The van der Waals surface area contributed by atoms with E-state index in [4.69, 9.17) is 5.11 Å². The Morgan fingerprint density at radius 1 is 1.31 bits per heavy atom. The average molecular weight is 183 g/mol. The lowest BCUT2D eigenvalue weighted by atomic mass is 10.1. The van der Waals surface area contributed by atoms with Crippen LogP contribution in [0.2, 0.25) is 0 Å². The summed E-state index contributed by atoms with van der Waals surface area (Å²) in [4.78, 5) is 0. The molecule has 0 spiro atoms. The number of aliphatic hydroxyl groups excluding tert-OH is 1. The van der Waals surface area contributed by atoms with Crippen molar-refractivity contribution < 1.29 is 9.50 Å². The van der Waals surface area contributed by atoms with Gasteiger partial charge in [0.15, 0.2) is 0 Å². The van der Waals surface area contributed by atoms with Crippen molar-refractivity contribution in [3.63, 3.8) is 0 Å². The van der Waals surface area contributed by atoms with Crippen molar-refractivity contribution in [3.05, 3.63) is 35.4 Å². The first-order valence-corrected chi connectivity index (χ1v) is 4.32. The molecule has 2 nitrogen and oxygen atoms in total. The fraction of sp³-hybridized carbons (Fsp3) is 0.400. The van der Waals surface area contributed by atoms with Crippen molar-refractivity contribution in [2.75, 3.05) is 13.2 Å². The van der Waals surface area contributed by atoms with Crippen LogP contribution < -0.4 is 5.32 Å². The minimum atomic E-state index is -0.348. The number of nitrogens with one attached hydrogen (secondary N) is 1. The number of alkyl halides is 1. The van der Waals surface area contributed by atoms with Crippen molar-refractivity contribution >= 4 is 0 Å². The van der Waals surface area contributed by atoms with E-state index in [1.54, 1.807) is 0 Å². The van der Waals surface area contributed by atoms with E-state index < -0.39 is 0 Å². The Hall–Kier alpha value is -0.930. The highest BCUT2D eigenvalue weighted by Gasteiger charge is 1.94. The van der Waals surface area contributed by atoms with Gasteiger partial charge in [-0.25, -0.2) is 4.39 Å². The first kappa shape index (κ1) is 10.2. The van der Waals surface area contributed by atoms with Crippen LogP contribution in [0.1, 0.15) is 11.1 Å². The summed E-state index contributed by atoms with van der Waals surface area (Å²) in [6.07, 6.45) is 0. The van der Waals surface area contributed by atoms with E-state index in [0.717, 1.165) is 11.1 Å². The third kappa shape index (κ3) is 3.53. The van der Waals surface area contributed by atoms with E-state index in [9.17, 15) is 4.39 Å². The fourth-order valence-corrected chi connectivity index (χ4v) is 1.14. The molecule has 0 aliphatic rings. The van der Waals surface area contributed by atoms with Gasteiger partial charge in [0.1, 0.15) is 6.67 Å². The van der Waals surface area contributed by atoms with E-state index in [-0.39, 0.29) is 13.3 Å². The summed E-state index contributed by atoms with van der Waals surface area (Å²) in [6, 6.07) is 7.60. The number of hydrogen-bond donors (Lipinski definition) is 2. The summed E-state index contributed by atoms with van der Waals surface area (Å²) in [6.45, 7) is 0.734. The monoisotopic (exact) mass is 183 g/mol. The first-order chi connectivity index (χ1) is 6.36. The Labute approximate surface area is 77.4 Å². The SMILES string of the molecule is OCc1cccc(CNCCF)c1. The predicted octanol–water partition coefficient (Wildman–Crippen LogP) is 1.24. The van der Waals surface area contributed by atoms with Gasteiger partial charge >= 0.3 is 0 Å². The predicted molar refractivity (Wildman–Crippen MR) is 50.0 cm³/mol. The molecule has 0 atom stereocenters. The molecule has 0 unspecified atom stereocenters. The molecule has 3 heteroatoms. The highest BCUT2D eigenvalue weighted by atomic mass is 19.1. The molecule has 0 amide bonds. The molecule has 72 valence electrons. The van der Waals surface area contributed by atoms with Crippen LogP contribution in [-0.4, -0.2) is 18.3 Å². The summed E-state index contributed by atoms with van der Waals surface area (Å²) in [5, 5.41) is 11.8. The van der Waals surface area contributed by atoms with Crippen molar-refractivity contribution in [2.45, 2.75) is 13.2 Å². The summed E-state index contributed by atoms with van der Waals surface area (Å²) >= 11 is 0. The van der Waals surface area contributed by atoms with Gasteiger partial charge in [-0.1, -0.05) is 24.3 Å². The van der Waals surface area contributed by atoms with Gasteiger partial charge in [0, 0.05) is 13.1 Å². The van der Waals surface area contributed by atoms with Gasteiger partial charge in [-0.3, -0.25) is 0 Å². The Balaban J connectivity index is 2.46. The van der Waals surface area contributed by atoms with Gasteiger partial charge in [-0.2, -0.15) is 0 Å². The molecule has 0 heterocycles. The minimum Gasteiger partial charge on any atom is -0.392 e. The van der Waals surface area contributed by atoms with Gasteiger partial charge in [-0.05, 0) is 11.1 Å². The van der Waals surface area contributed by atoms with E-state index in [1.807, 2.05) is 24.3 Å². The number of halogens is 1. The normalized spacial score (nSPS) is 10.3. The van der Waals surface area contributed by atoms with E-state index >= 15 is 0 Å². The molecule has 0 aromatic heterocycles. The molecule has 1 rings (SSSR count). The van der Waals surface area contributed by atoms with Crippen molar-refractivity contribution in [3.8, 4) is 0 Å². The topological polar surface area (TPSA) is 32.3 Å². The van der Waals surface area contributed by atoms with Gasteiger partial charge in [0.25, 0.3) is 0 Å². The standard InChI is InChI=1S/C10H14FNO/c11-4-5-12-7-9-2-1-3-10(6-9)8-13/h1-3,6,12-13H,4-5,7-8H2. The number of benzene rings is 1. The van der Waals surface area contributed by atoms with Crippen LogP contribution in [-0.2, 0) is 13.2 Å². The molecule has 0 bridgehead atoms. The maximum atomic E-state index is 11.7. The van der Waals surface area contributed by atoms with Gasteiger partial charge in [-0.15, -0.1) is 0 Å². The lowest BCUT2D eigenvalue weighted by Gasteiger charge is -2.03. The molecular weight excluding hydrogens is 169 g/mol. The maximum Gasteiger partial charge on any atom is 0.102 e. The molecule has 0 fully saturated rings. The molecule has 1 aromatic carbocycles. The summed E-state index contributed by atoms with van der Waals surface area (Å²) in [7, 11) is 0. The molecule has 13 heavy (non-hydrogen) atoms. The second-order valence-corrected chi connectivity index (χ2v) is 2.84. The highest BCUT2D eigenvalue weighted by Crippen LogP contribution is 2.04. The molecular formula is C10H14FNO. The average Bonchev–Trinajstić information content (AvgIpc) is 2.19. The zero-order chi connectivity index (χ0) is 9.52.